The summed E-state index contributed by atoms with van der Waals surface area (Å²) in [6, 6.07) is 13.2. The maximum atomic E-state index is 12.3. The van der Waals surface area contributed by atoms with Crippen molar-refractivity contribution >= 4 is 38.4 Å². The predicted molar refractivity (Wildman–Crippen MR) is 97.8 cm³/mol. The average molecular weight is 404 g/mol. The third kappa shape index (κ3) is 4.15. The number of carbonyl (C=O) groups excluding carboxylic acids is 1. The Morgan fingerprint density at radius 3 is 2.71 bits per heavy atom. The first kappa shape index (κ1) is 16.5. The Labute approximate surface area is 151 Å². The van der Waals surface area contributed by atoms with Crippen molar-refractivity contribution in [3.8, 4) is 10.7 Å². The fourth-order valence-corrected chi connectivity index (χ4v) is 2.96. The van der Waals surface area contributed by atoms with Crippen LogP contribution in [-0.2, 0) is 6.54 Å². The molecule has 0 aliphatic rings. The normalized spacial score (nSPS) is 10.4. The Balaban J connectivity index is 1.62. The maximum Gasteiger partial charge on any atom is 0.323 e. The van der Waals surface area contributed by atoms with Gasteiger partial charge in [0.1, 0.15) is 5.69 Å². The quantitative estimate of drug-likeness (QED) is 0.713. The van der Waals surface area contributed by atoms with Gasteiger partial charge in [0.15, 0.2) is 5.01 Å². The summed E-state index contributed by atoms with van der Waals surface area (Å²) in [4.78, 5) is 18.1. The van der Waals surface area contributed by atoms with Crippen LogP contribution in [0.2, 0.25) is 0 Å². The van der Waals surface area contributed by atoms with Gasteiger partial charge in [0, 0.05) is 24.3 Å². The van der Waals surface area contributed by atoms with Crippen molar-refractivity contribution in [1.82, 2.24) is 20.1 Å². The molecule has 0 saturated carbocycles. The lowest BCUT2D eigenvalue weighted by Gasteiger charge is -2.16. The molecular formula is C16H14BrN5OS. The molecule has 2 heterocycles. The van der Waals surface area contributed by atoms with E-state index in [1.807, 2.05) is 42.5 Å². The summed E-state index contributed by atoms with van der Waals surface area (Å²) in [5.41, 5.74) is 1.78. The van der Waals surface area contributed by atoms with E-state index in [2.05, 4.69) is 36.4 Å². The van der Waals surface area contributed by atoms with Crippen molar-refractivity contribution in [2.24, 2.45) is 0 Å². The standard InChI is InChI=1S/C16H14BrN5OS/c1-22(10-11-5-7-12(17)8-6-11)16(23)19-15-21-20-14(24-15)13-4-2-3-9-18-13/h2-9H,10H2,1H3,(H,19,21,23). The molecule has 0 aliphatic carbocycles. The number of hydrogen-bond donors (Lipinski definition) is 1. The number of halogens is 1. The molecule has 1 N–H and O–H groups in total. The van der Waals surface area contributed by atoms with Crippen LogP contribution < -0.4 is 5.32 Å². The summed E-state index contributed by atoms with van der Waals surface area (Å²) < 4.78 is 1.01. The summed E-state index contributed by atoms with van der Waals surface area (Å²) >= 11 is 4.68. The molecule has 2 aromatic heterocycles. The van der Waals surface area contributed by atoms with Crippen LogP contribution in [0.15, 0.2) is 53.1 Å². The lowest BCUT2D eigenvalue weighted by molar-refractivity contribution is 0.220. The van der Waals surface area contributed by atoms with Crippen molar-refractivity contribution < 1.29 is 4.79 Å². The molecule has 0 bridgehead atoms. The second kappa shape index (κ2) is 7.50. The SMILES string of the molecule is CN(Cc1ccc(Br)cc1)C(=O)Nc1nnc(-c2ccccn2)s1. The number of amides is 2. The molecule has 0 unspecified atom stereocenters. The highest BCUT2D eigenvalue weighted by molar-refractivity contribution is 9.10. The largest absolute Gasteiger partial charge is 0.323 e. The smallest absolute Gasteiger partial charge is 0.323 e. The van der Waals surface area contributed by atoms with E-state index in [4.69, 9.17) is 0 Å². The minimum Gasteiger partial charge on any atom is -0.323 e. The number of nitrogens with zero attached hydrogens (tertiary/aromatic N) is 4. The van der Waals surface area contributed by atoms with Crippen molar-refractivity contribution in [3.05, 3.63) is 58.7 Å². The summed E-state index contributed by atoms with van der Waals surface area (Å²) in [6.07, 6.45) is 1.70. The van der Waals surface area contributed by atoms with Crippen LogP contribution in [0.25, 0.3) is 10.7 Å². The molecule has 0 saturated heterocycles. The molecule has 2 amide bonds. The van der Waals surface area contributed by atoms with Crippen molar-refractivity contribution in [3.63, 3.8) is 0 Å². The van der Waals surface area contributed by atoms with E-state index in [0.29, 0.717) is 16.7 Å². The van der Waals surface area contributed by atoms with Gasteiger partial charge in [0.2, 0.25) is 5.13 Å². The Morgan fingerprint density at radius 1 is 1.21 bits per heavy atom. The molecule has 0 atom stereocenters. The van der Waals surface area contributed by atoms with Crippen molar-refractivity contribution in [2.45, 2.75) is 6.54 Å². The zero-order chi connectivity index (χ0) is 16.9. The highest BCUT2D eigenvalue weighted by atomic mass is 79.9. The molecular weight excluding hydrogens is 390 g/mol. The van der Waals surface area contributed by atoms with Gasteiger partial charge >= 0.3 is 6.03 Å². The number of aromatic nitrogens is 3. The van der Waals surface area contributed by atoms with Crippen LogP contribution in [-0.4, -0.2) is 33.2 Å². The van der Waals surface area contributed by atoms with Crippen LogP contribution in [0.4, 0.5) is 9.93 Å². The van der Waals surface area contributed by atoms with Crippen LogP contribution in [0.1, 0.15) is 5.56 Å². The molecule has 3 aromatic rings. The molecule has 3 rings (SSSR count). The van der Waals surface area contributed by atoms with Gasteiger partial charge in [-0.2, -0.15) is 0 Å². The van der Waals surface area contributed by atoms with E-state index in [9.17, 15) is 4.79 Å². The van der Waals surface area contributed by atoms with Gasteiger partial charge in [0.05, 0.1) is 0 Å². The fourth-order valence-electron chi connectivity index (χ4n) is 1.99. The molecule has 1 aromatic carbocycles. The molecule has 6 nitrogen and oxygen atoms in total. The summed E-state index contributed by atoms with van der Waals surface area (Å²) in [7, 11) is 1.73. The number of urea groups is 1. The highest BCUT2D eigenvalue weighted by Crippen LogP contribution is 2.24. The van der Waals surface area contributed by atoms with Gasteiger partial charge in [-0.15, -0.1) is 10.2 Å². The van der Waals surface area contributed by atoms with Gasteiger partial charge in [-0.1, -0.05) is 45.5 Å². The molecule has 0 radical (unpaired) electrons. The lowest BCUT2D eigenvalue weighted by Crippen LogP contribution is -2.30. The third-order valence-electron chi connectivity index (χ3n) is 3.20. The van der Waals surface area contributed by atoms with Crippen molar-refractivity contribution in [1.29, 1.82) is 0 Å². The zero-order valence-electron chi connectivity index (χ0n) is 12.8. The van der Waals surface area contributed by atoms with Gasteiger partial charge in [-0.25, -0.2) is 4.79 Å². The number of rotatable bonds is 4. The Hall–Kier alpha value is -2.32. The predicted octanol–water partition coefficient (Wildman–Crippen LogP) is 4.03. The molecule has 0 fully saturated rings. The van der Waals surface area contributed by atoms with Gasteiger partial charge in [-0.3, -0.25) is 10.3 Å². The number of nitrogens with one attached hydrogen (secondary N) is 1. The number of carbonyl (C=O) groups is 1. The van der Waals surface area contributed by atoms with Crippen LogP contribution in [0.5, 0.6) is 0 Å². The van der Waals surface area contributed by atoms with E-state index in [1.54, 1.807) is 18.1 Å². The monoisotopic (exact) mass is 403 g/mol. The third-order valence-corrected chi connectivity index (χ3v) is 4.59. The molecule has 0 aliphatic heterocycles. The fraction of sp³-hybridized carbons (Fsp3) is 0.125. The molecule has 8 heteroatoms. The van der Waals surface area contributed by atoms with E-state index < -0.39 is 0 Å². The Kier molecular flexibility index (Phi) is 5.17. The van der Waals surface area contributed by atoms with Gasteiger partial charge < -0.3 is 4.90 Å². The maximum absolute atomic E-state index is 12.3. The Morgan fingerprint density at radius 2 is 2.00 bits per heavy atom. The number of benzene rings is 1. The number of hydrogen-bond acceptors (Lipinski definition) is 5. The second-order valence-corrected chi connectivity index (χ2v) is 6.93. The minimum atomic E-state index is -0.235. The van der Waals surface area contributed by atoms with Gasteiger partial charge in [0.25, 0.3) is 0 Å². The first-order valence-electron chi connectivity index (χ1n) is 7.13. The number of pyridine rings is 1. The molecule has 24 heavy (non-hydrogen) atoms. The minimum absolute atomic E-state index is 0.235. The van der Waals surface area contributed by atoms with Crippen LogP contribution in [0.3, 0.4) is 0 Å². The lowest BCUT2D eigenvalue weighted by atomic mass is 10.2. The van der Waals surface area contributed by atoms with E-state index >= 15 is 0 Å². The zero-order valence-corrected chi connectivity index (χ0v) is 15.2. The van der Waals surface area contributed by atoms with Crippen LogP contribution in [0, 0.1) is 0 Å². The van der Waals surface area contributed by atoms with Gasteiger partial charge in [-0.05, 0) is 29.8 Å². The molecule has 122 valence electrons. The first-order valence-corrected chi connectivity index (χ1v) is 8.74. The number of anilines is 1. The average Bonchev–Trinajstić information content (AvgIpc) is 3.06. The highest BCUT2D eigenvalue weighted by Gasteiger charge is 2.13. The first-order chi connectivity index (χ1) is 11.6. The molecule has 0 spiro atoms. The summed E-state index contributed by atoms with van der Waals surface area (Å²) in [5, 5.41) is 11.9. The summed E-state index contributed by atoms with van der Waals surface area (Å²) in [6.45, 7) is 0.505. The van der Waals surface area contributed by atoms with Crippen LogP contribution >= 0.6 is 27.3 Å². The Bertz CT molecular complexity index is 822. The van der Waals surface area contributed by atoms with Crippen molar-refractivity contribution in [2.75, 3.05) is 12.4 Å². The van der Waals surface area contributed by atoms with E-state index in [1.165, 1.54) is 11.3 Å². The second-order valence-electron chi connectivity index (χ2n) is 5.04. The topological polar surface area (TPSA) is 71.0 Å². The van der Waals surface area contributed by atoms with E-state index in [0.717, 1.165) is 15.7 Å². The summed E-state index contributed by atoms with van der Waals surface area (Å²) in [5.74, 6) is 0. The van der Waals surface area contributed by atoms with E-state index in [-0.39, 0.29) is 6.03 Å².